The Hall–Kier alpha value is -8.03. The smallest absolute Gasteiger partial charge is 0.319 e. The maximum atomic E-state index is 16.1. The number of aromatic amines is 1. The molecule has 3 aliphatic heterocycles. The molecule has 7 atom stereocenters. The number of aliphatic hydroxyl groups is 2. The van der Waals surface area contributed by atoms with Gasteiger partial charge in [-0.15, -0.1) is 5.10 Å². The Labute approximate surface area is 467 Å². The van der Waals surface area contributed by atoms with Crippen molar-refractivity contribution >= 4 is 50.3 Å². The van der Waals surface area contributed by atoms with Crippen molar-refractivity contribution < 1.29 is 38.4 Å². The third-order valence-electron chi connectivity index (χ3n) is 16.3. The second-order valence-electron chi connectivity index (χ2n) is 22.3. The average Bonchev–Trinajstić information content (AvgIpc) is 4.21. The fourth-order valence-corrected chi connectivity index (χ4v) is 11.8. The molecule has 3 saturated heterocycles. The van der Waals surface area contributed by atoms with E-state index in [1.165, 1.54) is 15.6 Å². The molecule has 20 nitrogen and oxygen atoms in total. The summed E-state index contributed by atoms with van der Waals surface area (Å²) in [5.74, 6) is 5.96. The molecule has 81 heavy (non-hydrogen) atoms. The van der Waals surface area contributed by atoms with Gasteiger partial charge in [0.25, 0.3) is 0 Å². The standard InChI is InChI=1S/C60H66FN13O7/c1-7-71-27-46-36(9-8-10-48(46)69-71)17-18-39(29-75)64-58(77)51-20-42(76)26-73(51)59(78)55(32(2)3)74-28-50(68-70-74)38-13-11-35(12-14-38)31-80-56-53(52-34(5)47(61)22-49-45(52)24-63-67-49)43(37-15-16-37)21-44-54(56)65-60(81-30-33(4)79-6)66-57(44)72-25-40-19-41(72)23-62-40/h8-14,21-22,24,27-28,32-33,37,39-42,51,55,62,75-76H,7,15-16,19-20,23,25-26,29-31H2,1-6H3,(H,63,67)(H,64,77)/t33-,39+,40-,41-,42+,51-,55-/m0/s1. The second-order valence-corrected chi connectivity index (χ2v) is 22.3. The van der Waals surface area contributed by atoms with Gasteiger partial charge < -0.3 is 44.9 Å². The van der Waals surface area contributed by atoms with Crippen LogP contribution in [0.3, 0.4) is 0 Å². The summed E-state index contributed by atoms with van der Waals surface area (Å²) in [6.45, 7) is 11.6. The first-order chi connectivity index (χ1) is 39.3. The molecular weight excluding hydrogens is 1030 g/mol. The minimum Gasteiger partial charge on any atom is -0.486 e. The van der Waals surface area contributed by atoms with Gasteiger partial charge in [0.1, 0.15) is 54.2 Å². The molecule has 2 bridgehead atoms. The van der Waals surface area contributed by atoms with Crippen LogP contribution in [0.5, 0.6) is 11.8 Å². The first kappa shape index (κ1) is 53.6. The highest BCUT2D eigenvalue weighted by Crippen LogP contribution is 2.53. The third kappa shape index (κ3) is 10.4. The molecule has 5 N–H and O–H groups in total. The molecule has 7 heterocycles. The molecule has 0 unspecified atom stereocenters. The number of fused-ring (bicyclic) bond motifs is 5. The molecule has 4 fully saturated rings. The Morgan fingerprint density at radius 1 is 0.988 bits per heavy atom. The van der Waals surface area contributed by atoms with E-state index in [9.17, 15) is 19.8 Å². The molecule has 12 rings (SSSR count). The summed E-state index contributed by atoms with van der Waals surface area (Å²) in [4.78, 5) is 42.5. The molecule has 4 aromatic carbocycles. The Kier molecular flexibility index (Phi) is 14.6. The Balaban J connectivity index is 0.821. The van der Waals surface area contributed by atoms with Crippen LogP contribution in [0.25, 0.3) is 55.1 Å². The molecule has 2 amide bonds. The molecule has 0 spiro atoms. The summed E-state index contributed by atoms with van der Waals surface area (Å²) in [5.41, 5.74) is 7.66. The SMILES string of the molecule is CCn1cc2c(C#C[C@H](CO)NC(=O)[C@@H]3C[C@@H](O)CN3C(=O)[C@H](C(C)C)n3cc(-c4ccc(COc5c(-c6c(C)c(F)cc7[nH]ncc67)c(C6CC6)cc6c(N7C[C@@H]8C[C@H]7CN8)nc(OC[C@H](C)OC)nc56)cc4)nn3)cccc2n1. The lowest BCUT2D eigenvalue weighted by Gasteiger charge is -2.30. The number of amides is 2. The van der Waals surface area contributed by atoms with Gasteiger partial charge in [0.05, 0.1) is 42.2 Å². The number of methoxy groups -OCH3 is 1. The van der Waals surface area contributed by atoms with Crippen molar-refractivity contribution in [3.8, 4) is 46.0 Å². The normalized spacial score (nSPS) is 19.9. The van der Waals surface area contributed by atoms with Gasteiger partial charge in [-0.05, 0) is 92.8 Å². The van der Waals surface area contributed by atoms with E-state index in [1.807, 2.05) is 81.0 Å². The summed E-state index contributed by atoms with van der Waals surface area (Å²) in [6.07, 6.45) is 7.15. The highest BCUT2D eigenvalue weighted by molar-refractivity contribution is 6.06. The number of anilines is 1. The fraction of sp³-hybridized carbons (Fsp3) is 0.433. The summed E-state index contributed by atoms with van der Waals surface area (Å²) in [7, 11) is 1.63. The van der Waals surface area contributed by atoms with Crippen molar-refractivity contribution in [2.45, 2.75) is 122 Å². The van der Waals surface area contributed by atoms with Gasteiger partial charge in [-0.3, -0.25) is 19.4 Å². The Bertz CT molecular complexity index is 3750. The molecule has 1 saturated carbocycles. The van der Waals surface area contributed by atoms with Gasteiger partial charge in [-0.2, -0.15) is 20.2 Å². The summed E-state index contributed by atoms with van der Waals surface area (Å²) in [5, 5.41) is 50.9. The minimum atomic E-state index is -1.02. The molecule has 8 aromatic rings. The topological polar surface area (TPSA) is 236 Å². The van der Waals surface area contributed by atoms with E-state index in [-0.39, 0.29) is 62.0 Å². The van der Waals surface area contributed by atoms with E-state index >= 15 is 4.39 Å². The van der Waals surface area contributed by atoms with Crippen LogP contribution in [0, 0.1) is 30.5 Å². The zero-order chi connectivity index (χ0) is 56.2. The van der Waals surface area contributed by atoms with Crippen LogP contribution in [0.1, 0.15) is 87.6 Å². The maximum Gasteiger partial charge on any atom is 0.319 e. The fourth-order valence-electron chi connectivity index (χ4n) is 11.8. The van der Waals surface area contributed by atoms with E-state index in [4.69, 9.17) is 24.2 Å². The van der Waals surface area contributed by atoms with Crippen molar-refractivity contribution in [3.05, 3.63) is 101 Å². The number of H-pyrrole nitrogens is 1. The van der Waals surface area contributed by atoms with Crippen LogP contribution >= 0.6 is 0 Å². The molecule has 420 valence electrons. The lowest BCUT2D eigenvalue weighted by molar-refractivity contribution is -0.142. The zero-order valence-electron chi connectivity index (χ0n) is 46.2. The Morgan fingerprint density at radius 2 is 1.81 bits per heavy atom. The number of benzene rings is 4. The van der Waals surface area contributed by atoms with E-state index in [0.29, 0.717) is 51.8 Å². The van der Waals surface area contributed by atoms with Gasteiger partial charge >= 0.3 is 6.01 Å². The van der Waals surface area contributed by atoms with Crippen LogP contribution in [-0.4, -0.2) is 148 Å². The number of aromatic nitrogens is 9. The second kappa shape index (κ2) is 22.1. The largest absolute Gasteiger partial charge is 0.486 e. The van der Waals surface area contributed by atoms with Gasteiger partial charge in [0.2, 0.25) is 11.8 Å². The van der Waals surface area contributed by atoms with Crippen LogP contribution in [0.15, 0.2) is 73.2 Å². The number of aryl methyl sites for hydroxylation is 1. The highest BCUT2D eigenvalue weighted by atomic mass is 19.1. The first-order valence-corrected chi connectivity index (χ1v) is 28.0. The molecule has 1 aliphatic carbocycles. The van der Waals surface area contributed by atoms with Crippen molar-refractivity contribution in [3.63, 3.8) is 0 Å². The molecular formula is C60H66FN13O7. The predicted molar refractivity (Wildman–Crippen MR) is 302 cm³/mol. The number of nitrogens with one attached hydrogen (secondary N) is 3. The zero-order valence-corrected chi connectivity index (χ0v) is 46.2. The van der Waals surface area contributed by atoms with Crippen molar-refractivity contribution in [2.75, 3.05) is 44.9 Å². The van der Waals surface area contributed by atoms with Gasteiger partial charge in [-0.25, -0.2) is 9.07 Å². The molecule has 21 heteroatoms. The monoisotopic (exact) mass is 1100 g/mol. The first-order valence-electron chi connectivity index (χ1n) is 28.0. The van der Waals surface area contributed by atoms with E-state index in [1.54, 1.807) is 26.4 Å². The number of carbonyl (C=O) groups excluding carboxylic acids is 2. The lowest BCUT2D eigenvalue weighted by atomic mass is 9.88. The van der Waals surface area contributed by atoms with E-state index in [2.05, 4.69) is 59.0 Å². The molecule has 4 aliphatic rings. The quantitative estimate of drug-likeness (QED) is 0.0589. The van der Waals surface area contributed by atoms with Crippen LogP contribution in [-0.2, 0) is 27.5 Å². The summed E-state index contributed by atoms with van der Waals surface area (Å²) >= 11 is 0. The molecule has 4 aromatic heterocycles. The number of halogens is 1. The van der Waals surface area contributed by atoms with Gasteiger partial charge in [0.15, 0.2) is 5.75 Å². The average molecular weight is 1100 g/mol. The van der Waals surface area contributed by atoms with E-state index in [0.717, 1.165) is 82.1 Å². The van der Waals surface area contributed by atoms with Crippen LogP contribution in [0.2, 0.25) is 0 Å². The number of hydrogen-bond donors (Lipinski definition) is 5. The number of hydrogen-bond acceptors (Lipinski definition) is 15. The number of likely N-dealkylation sites (tertiary alicyclic amines) is 1. The summed E-state index contributed by atoms with van der Waals surface area (Å²) < 4.78 is 38.4. The molecule has 0 radical (unpaired) electrons. The van der Waals surface area contributed by atoms with Crippen molar-refractivity contribution in [1.29, 1.82) is 0 Å². The number of ether oxygens (including phenoxy) is 3. The number of carbonyl (C=O) groups is 2. The van der Waals surface area contributed by atoms with Crippen molar-refractivity contribution in [1.82, 2.24) is 60.5 Å². The summed E-state index contributed by atoms with van der Waals surface area (Å²) in [6, 6.07) is 15.0. The van der Waals surface area contributed by atoms with Gasteiger partial charge in [-0.1, -0.05) is 61.2 Å². The highest BCUT2D eigenvalue weighted by Gasteiger charge is 2.44. The minimum absolute atomic E-state index is 0.0140. The van der Waals surface area contributed by atoms with Gasteiger partial charge in [0, 0.05) is 96.4 Å². The van der Waals surface area contributed by atoms with Crippen molar-refractivity contribution in [2.24, 2.45) is 5.92 Å². The predicted octanol–water partition coefficient (Wildman–Crippen LogP) is 6.36. The lowest BCUT2D eigenvalue weighted by Crippen LogP contribution is -2.51. The van der Waals surface area contributed by atoms with Crippen LogP contribution < -0.4 is 25.0 Å². The number of aliphatic hydroxyl groups excluding tert-OH is 2. The number of rotatable bonds is 18. The van der Waals surface area contributed by atoms with Crippen LogP contribution in [0.4, 0.5) is 10.2 Å². The number of β-amino-alcohol motifs (C(OH)–C–C–N with tert-alkyl or cyclic N) is 1. The Morgan fingerprint density at radius 3 is 2.54 bits per heavy atom. The third-order valence-corrected chi connectivity index (χ3v) is 16.3. The maximum absolute atomic E-state index is 16.1. The number of nitrogens with zero attached hydrogens (tertiary/aromatic N) is 10. The van der Waals surface area contributed by atoms with E-state index < -0.39 is 42.7 Å². The number of piperazine rings is 1.